The van der Waals surface area contributed by atoms with Crippen molar-refractivity contribution < 1.29 is 67.7 Å². The van der Waals surface area contributed by atoms with Crippen molar-refractivity contribution in [3.05, 3.63) is 65.7 Å². The highest BCUT2D eigenvalue weighted by Crippen LogP contribution is 2.26. The number of guanidine groups is 1. The lowest BCUT2D eigenvalue weighted by atomic mass is 10.0. The summed E-state index contributed by atoms with van der Waals surface area (Å²) in [5.74, 6) is -13.1. The molecule has 2 heterocycles. The Labute approximate surface area is 460 Å². The van der Waals surface area contributed by atoms with Gasteiger partial charge in [-0.15, -0.1) is 0 Å². The summed E-state index contributed by atoms with van der Waals surface area (Å²) in [5.41, 5.74) is 34.4. The minimum absolute atomic E-state index is 0.0138. The number of carbonyl (C=O) groups excluding carboxylic acids is 11. The van der Waals surface area contributed by atoms with E-state index in [9.17, 15) is 67.7 Å². The molecule has 2 aromatic carbocycles. The lowest BCUT2D eigenvalue weighted by Gasteiger charge is -2.31. The van der Waals surface area contributed by atoms with Gasteiger partial charge in [-0.1, -0.05) is 64.1 Å². The third kappa shape index (κ3) is 21.3. The molecular weight excluding hydrogens is 1070 g/mol. The predicted molar refractivity (Wildman–Crippen MR) is 287 cm³/mol. The molecule has 9 atom stereocenters. The zero-order valence-corrected chi connectivity index (χ0v) is 44.4. The summed E-state index contributed by atoms with van der Waals surface area (Å²) in [6.45, 7) is -0.0832. The highest BCUT2D eigenvalue weighted by Gasteiger charge is 2.41. The normalized spacial score (nSPS) is 22.4. The number of carbonyl (C=O) groups is 12. The van der Waals surface area contributed by atoms with Crippen LogP contribution in [0.3, 0.4) is 0 Å². The number of hydrogen-bond donors (Lipinski definition) is 15. The lowest BCUT2D eigenvalue weighted by molar-refractivity contribution is -0.144. The number of nitrogens with two attached hydrogens (primary N) is 6. The Morgan fingerprint density at radius 3 is 1.85 bits per heavy atom. The molecule has 2 aromatic rings. The van der Waals surface area contributed by atoms with E-state index in [2.05, 4.69) is 42.2 Å². The van der Waals surface area contributed by atoms with Gasteiger partial charge in [0.1, 0.15) is 54.1 Å². The fourth-order valence-corrected chi connectivity index (χ4v) is 10.5. The van der Waals surface area contributed by atoms with Crippen molar-refractivity contribution in [2.75, 3.05) is 24.6 Å². The van der Waals surface area contributed by atoms with E-state index in [1.807, 2.05) is 0 Å². The van der Waals surface area contributed by atoms with Crippen LogP contribution < -0.4 is 71.6 Å². The fourth-order valence-electron chi connectivity index (χ4n) is 8.18. The van der Waals surface area contributed by atoms with Gasteiger partial charge in [-0.25, -0.2) is 4.79 Å². The molecule has 0 bridgehead atoms. The molecule has 2 saturated heterocycles. The van der Waals surface area contributed by atoms with Crippen molar-refractivity contribution in [1.82, 2.24) is 42.1 Å². The second kappa shape index (κ2) is 31.3. The molecule has 2 fully saturated rings. The number of carboxylic acid groups (broad SMARTS) is 1. The van der Waals surface area contributed by atoms with E-state index >= 15 is 0 Å². The second-order valence-electron chi connectivity index (χ2n) is 18.5. The molecule has 430 valence electrons. The Hall–Kier alpha value is -8.19. The summed E-state index contributed by atoms with van der Waals surface area (Å²) in [7, 11) is 1.92. The summed E-state index contributed by atoms with van der Waals surface area (Å²) in [6.07, 6.45) is -2.74. The molecule has 31 heteroatoms. The number of phenolic OH excluding ortho intramolecular Hbond substituents is 1. The molecule has 21 N–H and O–H groups in total. The van der Waals surface area contributed by atoms with Crippen LogP contribution in [0.5, 0.6) is 5.75 Å². The maximum Gasteiger partial charge on any atom is 0.326 e. The van der Waals surface area contributed by atoms with Crippen LogP contribution >= 0.6 is 21.6 Å². The van der Waals surface area contributed by atoms with Crippen molar-refractivity contribution in [3.8, 4) is 5.75 Å². The molecule has 4 rings (SSSR count). The van der Waals surface area contributed by atoms with Gasteiger partial charge in [0, 0.05) is 43.9 Å². The number of likely N-dealkylation sites (tertiary alicyclic amines) is 1. The molecule has 0 saturated carbocycles. The molecule has 0 aliphatic carbocycles. The number of nitrogens with one attached hydrogen (secondary N) is 7. The minimum atomic E-state index is -1.84. The van der Waals surface area contributed by atoms with Gasteiger partial charge < -0.3 is 86.7 Å². The zero-order chi connectivity index (χ0) is 58.3. The number of aliphatic imine (C=N–C) groups is 1. The lowest BCUT2D eigenvalue weighted by Crippen LogP contribution is -2.61. The molecule has 0 unspecified atom stereocenters. The van der Waals surface area contributed by atoms with Gasteiger partial charge >= 0.3 is 5.97 Å². The zero-order valence-electron chi connectivity index (χ0n) is 42.8. The van der Waals surface area contributed by atoms with Gasteiger partial charge in [0.15, 0.2) is 5.96 Å². The average molecular weight is 1140 g/mol. The highest BCUT2D eigenvalue weighted by atomic mass is 33.1. The van der Waals surface area contributed by atoms with Crippen LogP contribution in [-0.2, 0) is 70.4 Å². The summed E-state index contributed by atoms with van der Waals surface area (Å²) < 4.78 is 0. The van der Waals surface area contributed by atoms with Gasteiger partial charge in [0.05, 0.1) is 18.9 Å². The van der Waals surface area contributed by atoms with Gasteiger partial charge in [-0.3, -0.25) is 57.7 Å². The topological polar surface area (TPSA) is 501 Å². The molecule has 2 aliphatic heterocycles. The molecule has 79 heavy (non-hydrogen) atoms. The Balaban J connectivity index is 1.72. The average Bonchev–Trinajstić information content (AvgIpc) is 3.89. The third-order valence-electron chi connectivity index (χ3n) is 12.2. The van der Waals surface area contributed by atoms with Crippen LogP contribution in [0.4, 0.5) is 0 Å². The van der Waals surface area contributed by atoms with Gasteiger partial charge in [-0.05, 0) is 55.4 Å². The number of nitrogens with zero attached hydrogens (tertiary/aromatic N) is 2. The van der Waals surface area contributed by atoms with E-state index in [4.69, 9.17) is 34.4 Å². The quantitative estimate of drug-likeness (QED) is 0.0240. The first-order valence-corrected chi connectivity index (χ1v) is 27.3. The minimum Gasteiger partial charge on any atom is -0.508 e. The van der Waals surface area contributed by atoms with Crippen LogP contribution in [0, 0.1) is 0 Å². The number of rotatable bonds is 21. The molecule has 29 nitrogen and oxygen atoms in total. The van der Waals surface area contributed by atoms with E-state index in [1.54, 1.807) is 30.3 Å². The van der Waals surface area contributed by atoms with Crippen LogP contribution in [0.25, 0.3) is 0 Å². The van der Waals surface area contributed by atoms with Gasteiger partial charge in [-0.2, -0.15) is 0 Å². The fraction of sp³-hybridized carbons (Fsp3) is 0.479. The Morgan fingerprint density at radius 2 is 1.25 bits per heavy atom. The summed E-state index contributed by atoms with van der Waals surface area (Å²) in [5, 5.41) is 37.0. The number of hydrogen-bond acceptors (Lipinski definition) is 17. The molecule has 11 amide bonds. The van der Waals surface area contributed by atoms with Crippen LogP contribution in [0.2, 0.25) is 0 Å². The first-order valence-electron chi connectivity index (χ1n) is 24.8. The maximum atomic E-state index is 14.7. The van der Waals surface area contributed by atoms with E-state index < -0.39 is 151 Å². The van der Waals surface area contributed by atoms with Gasteiger partial charge in [0.2, 0.25) is 65.0 Å². The van der Waals surface area contributed by atoms with E-state index in [1.165, 1.54) is 24.3 Å². The Kier molecular flexibility index (Phi) is 25.1. The maximum absolute atomic E-state index is 14.7. The first kappa shape index (κ1) is 63.3. The number of phenols is 1. The van der Waals surface area contributed by atoms with Crippen molar-refractivity contribution >= 4 is 98.5 Å². The molecular formula is C48H67N15O14S2. The van der Waals surface area contributed by atoms with Crippen molar-refractivity contribution in [1.29, 1.82) is 0 Å². The van der Waals surface area contributed by atoms with Crippen LogP contribution in [0.1, 0.15) is 62.5 Å². The highest BCUT2D eigenvalue weighted by molar-refractivity contribution is 8.76. The monoisotopic (exact) mass is 1140 g/mol. The molecule has 0 radical (unpaired) electrons. The predicted octanol–water partition coefficient (Wildman–Crippen LogP) is -5.56. The Morgan fingerprint density at radius 1 is 0.684 bits per heavy atom. The molecule has 0 aromatic heterocycles. The smallest absolute Gasteiger partial charge is 0.326 e. The van der Waals surface area contributed by atoms with Crippen molar-refractivity contribution in [2.45, 2.75) is 119 Å². The van der Waals surface area contributed by atoms with Gasteiger partial charge in [0.25, 0.3) is 0 Å². The number of benzene rings is 2. The summed E-state index contributed by atoms with van der Waals surface area (Å²) in [4.78, 5) is 166. The van der Waals surface area contributed by atoms with E-state index in [-0.39, 0.29) is 74.8 Å². The standard InChI is InChI=1S/C48H67N15O14S2/c49-27-22-78-79-23-34(46(75)63-17-5-9-35(63)45(74)57-28(8-4-16-55-48(53)54)40(69)61-33(47(76)77)21-38(52)67)62-44(73)32(20-37(51)66)60-41(70)29(14-15-36(50)65)56-42(71)31(18-24-6-2-1-3-7-24)59-43(72)30(58-39(27)68)19-25-10-12-26(64)13-11-25/h1-3,6-7,10-13,27-35,64H,4-5,8-9,14-23,49H2,(H2,50,65)(H2,51,66)(H2,52,67)(H,56,71)(H,57,74)(H,58,68)(H,59,72)(H,60,70)(H,61,69)(H,62,73)(H,76,77)(H4,53,54,55)/t27-,28-,29-,30-,31-,32-,33-,34-,35-/m0/s1. The summed E-state index contributed by atoms with van der Waals surface area (Å²) >= 11 is 0. The third-order valence-corrected chi connectivity index (χ3v) is 14.7. The number of aliphatic carboxylic acids is 1. The van der Waals surface area contributed by atoms with Crippen molar-refractivity contribution in [3.63, 3.8) is 0 Å². The largest absolute Gasteiger partial charge is 0.508 e. The van der Waals surface area contributed by atoms with Crippen LogP contribution in [0.15, 0.2) is 59.6 Å². The Bertz CT molecular complexity index is 2580. The summed E-state index contributed by atoms with van der Waals surface area (Å²) in [6, 6.07) is 0.359. The van der Waals surface area contributed by atoms with Crippen LogP contribution in [-0.4, -0.2) is 171 Å². The SMILES string of the molecule is NC(=O)CC[C@@H]1NC(=O)[C@H](Cc2ccccc2)NC(=O)[C@H](Cc2ccc(O)cc2)NC(=O)[C@@H](N)CSSC[C@@H](C(=O)N2CCC[C@H]2C(=O)N[C@@H](CCCN=C(N)N)C(=O)N[C@@H](CC(N)=O)C(=O)O)NC(=O)[C@H](CC(N)=O)NC1=O. The van der Waals surface area contributed by atoms with Crippen molar-refractivity contribution in [2.24, 2.45) is 39.4 Å². The number of carboxylic acids is 1. The first-order chi connectivity index (χ1) is 37.4. The molecule has 2 aliphatic rings. The molecule has 0 spiro atoms. The number of amides is 11. The second-order valence-corrected chi connectivity index (χ2v) is 21.0. The number of aromatic hydroxyl groups is 1. The van der Waals surface area contributed by atoms with E-state index in [0.29, 0.717) is 11.1 Å². The number of primary amides is 3. The van der Waals surface area contributed by atoms with E-state index in [0.717, 1.165) is 26.5 Å².